The summed E-state index contributed by atoms with van der Waals surface area (Å²) in [5.74, 6) is -0.119. The molecule has 0 saturated carbocycles. The van der Waals surface area contributed by atoms with E-state index < -0.39 is 0 Å². The van der Waals surface area contributed by atoms with Crippen molar-refractivity contribution in [2.24, 2.45) is 0 Å². The van der Waals surface area contributed by atoms with Crippen molar-refractivity contribution in [2.75, 3.05) is 16.8 Å². The number of nitrogens with one attached hydrogen (secondary N) is 1. The van der Waals surface area contributed by atoms with Gasteiger partial charge in [-0.2, -0.15) is 0 Å². The summed E-state index contributed by atoms with van der Waals surface area (Å²) < 4.78 is 0. The first-order valence-corrected chi connectivity index (χ1v) is 10.1. The number of rotatable bonds is 4. The smallest absolute Gasteiger partial charge is 0.257 e. The molecule has 1 aliphatic heterocycles. The van der Waals surface area contributed by atoms with E-state index >= 15 is 0 Å². The maximum Gasteiger partial charge on any atom is 0.257 e. The fourth-order valence-corrected chi connectivity index (χ4v) is 4.08. The van der Waals surface area contributed by atoms with Gasteiger partial charge in [-0.15, -0.1) is 11.3 Å². The van der Waals surface area contributed by atoms with Gasteiger partial charge in [0.15, 0.2) is 5.13 Å². The predicted octanol–water partition coefficient (Wildman–Crippen LogP) is 4.81. The van der Waals surface area contributed by atoms with Gasteiger partial charge in [-0.25, -0.2) is 4.98 Å². The molecule has 2 aromatic carbocycles. The van der Waals surface area contributed by atoms with E-state index in [1.165, 1.54) is 16.9 Å². The van der Waals surface area contributed by atoms with Gasteiger partial charge in [0.2, 0.25) is 5.91 Å². The number of hydrogen-bond acceptors (Lipinski definition) is 4. The van der Waals surface area contributed by atoms with Crippen LogP contribution in [0.2, 0.25) is 0 Å². The normalized spacial score (nSPS) is 13.8. The lowest BCUT2D eigenvalue weighted by molar-refractivity contribution is -0.117. The quantitative estimate of drug-likeness (QED) is 0.694. The summed E-state index contributed by atoms with van der Waals surface area (Å²) in [5.41, 5.74) is 5.54. The van der Waals surface area contributed by atoms with Crippen LogP contribution in [0.3, 0.4) is 0 Å². The molecule has 6 heteroatoms. The lowest BCUT2D eigenvalue weighted by Gasteiger charge is -2.16. The second-order valence-electron chi connectivity index (χ2n) is 7.01. The molecular formula is C22H21N3O2S. The number of aromatic nitrogens is 1. The molecule has 142 valence electrons. The van der Waals surface area contributed by atoms with Crippen LogP contribution >= 0.6 is 11.3 Å². The Morgan fingerprint density at radius 3 is 2.82 bits per heavy atom. The Kier molecular flexibility index (Phi) is 4.96. The van der Waals surface area contributed by atoms with Gasteiger partial charge >= 0.3 is 0 Å². The van der Waals surface area contributed by atoms with Gasteiger partial charge in [-0.3, -0.25) is 14.9 Å². The number of amides is 2. The van der Waals surface area contributed by atoms with Gasteiger partial charge < -0.3 is 4.90 Å². The molecule has 1 N–H and O–H groups in total. The van der Waals surface area contributed by atoms with Crippen LogP contribution in [-0.4, -0.2) is 23.3 Å². The van der Waals surface area contributed by atoms with Crippen molar-refractivity contribution >= 4 is 34.0 Å². The Balaban J connectivity index is 1.52. The van der Waals surface area contributed by atoms with Crippen LogP contribution in [0.4, 0.5) is 10.8 Å². The van der Waals surface area contributed by atoms with E-state index in [2.05, 4.69) is 42.3 Å². The van der Waals surface area contributed by atoms with Gasteiger partial charge in [0, 0.05) is 35.2 Å². The number of thiazole rings is 1. The van der Waals surface area contributed by atoms with Crippen LogP contribution in [0, 0.1) is 13.8 Å². The zero-order valence-electron chi connectivity index (χ0n) is 15.9. The molecule has 28 heavy (non-hydrogen) atoms. The number of hydrogen-bond donors (Lipinski definition) is 1. The van der Waals surface area contributed by atoms with Crippen molar-refractivity contribution in [3.63, 3.8) is 0 Å². The van der Waals surface area contributed by atoms with Crippen molar-refractivity contribution in [3.05, 3.63) is 64.5 Å². The van der Waals surface area contributed by atoms with Crippen LogP contribution < -0.4 is 10.2 Å². The molecule has 5 nitrogen and oxygen atoms in total. The Labute approximate surface area is 168 Å². The highest BCUT2D eigenvalue weighted by Crippen LogP contribution is 2.29. The monoisotopic (exact) mass is 391 g/mol. The molecule has 0 aliphatic carbocycles. The maximum atomic E-state index is 12.7. The van der Waals surface area contributed by atoms with Gasteiger partial charge in [0.1, 0.15) is 0 Å². The third-order valence-corrected chi connectivity index (χ3v) is 5.64. The summed E-state index contributed by atoms with van der Waals surface area (Å²) in [6.45, 7) is 4.81. The largest absolute Gasteiger partial charge is 0.312 e. The molecule has 2 heterocycles. The maximum absolute atomic E-state index is 12.7. The van der Waals surface area contributed by atoms with Crippen molar-refractivity contribution in [3.8, 4) is 11.3 Å². The Morgan fingerprint density at radius 2 is 2.04 bits per heavy atom. The number of carbonyl (C=O) groups excluding carboxylic acids is 2. The Morgan fingerprint density at radius 1 is 1.18 bits per heavy atom. The summed E-state index contributed by atoms with van der Waals surface area (Å²) in [4.78, 5) is 31.0. The minimum Gasteiger partial charge on any atom is -0.312 e. The highest BCUT2D eigenvalue weighted by atomic mass is 32.1. The Bertz CT molecular complexity index is 1060. The van der Waals surface area contributed by atoms with Crippen molar-refractivity contribution in [1.29, 1.82) is 0 Å². The van der Waals surface area contributed by atoms with Crippen LogP contribution in [0.15, 0.2) is 47.8 Å². The van der Waals surface area contributed by atoms with E-state index in [4.69, 9.17) is 0 Å². The number of carbonyl (C=O) groups is 2. The number of benzene rings is 2. The zero-order chi connectivity index (χ0) is 19.7. The molecule has 3 aromatic rings. The minimum absolute atomic E-state index is 0.107. The fourth-order valence-electron chi connectivity index (χ4n) is 3.37. The summed E-state index contributed by atoms with van der Waals surface area (Å²) in [5, 5.41) is 5.39. The second kappa shape index (κ2) is 7.56. The van der Waals surface area contributed by atoms with Gasteiger partial charge in [-0.1, -0.05) is 23.8 Å². The standard InChI is InChI=1S/C22H21N3O2S/c1-14-8-9-15(2)18(11-14)19-13-28-22(23-19)24-21(27)16-5-3-6-17(12-16)25-10-4-7-20(25)26/h3,5-6,8-9,11-13H,4,7,10H2,1-2H3,(H,23,24,27). The molecule has 1 saturated heterocycles. The molecule has 0 unspecified atom stereocenters. The summed E-state index contributed by atoms with van der Waals surface area (Å²) in [6, 6.07) is 13.4. The first-order chi connectivity index (χ1) is 13.5. The summed E-state index contributed by atoms with van der Waals surface area (Å²) >= 11 is 1.40. The molecule has 0 bridgehead atoms. The number of anilines is 2. The van der Waals surface area contributed by atoms with Gasteiger partial charge in [0.25, 0.3) is 5.91 Å². The average Bonchev–Trinajstić information content (AvgIpc) is 3.33. The molecule has 0 atom stereocenters. The summed E-state index contributed by atoms with van der Waals surface area (Å²) in [6.07, 6.45) is 1.42. The van der Waals surface area contributed by atoms with E-state index in [9.17, 15) is 9.59 Å². The van der Waals surface area contributed by atoms with E-state index in [1.54, 1.807) is 23.1 Å². The van der Waals surface area contributed by atoms with E-state index in [0.717, 1.165) is 28.9 Å². The van der Waals surface area contributed by atoms with Crippen molar-refractivity contribution < 1.29 is 9.59 Å². The van der Waals surface area contributed by atoms with Gasteiger partial charge in [0.05, 0.1) is 5.69 Å². The molecular weight excluding hydrogens is 370 g/mol. The molecule has 1 fully saturated rings. The van der Waals surface area contributed by atoms with Crippen LogP contribution in [-0.2, 0) is 4.79 Å². The molecule has 0 spiro atoms. The minimum atomic E-state index is -0.227. The number of aryl methyl sites for hydroxylation is 2. The van der Waals surface area contributed by atoms with Crippen LogP contribution in [0.25, 0.3) is 11.3 Å². The first kappa shape index (κ1) is 18.4. The van der Waals surface area contributed by atoms with E-state index in [-0.39, 0.29) is 11.8 Å². The molecule has 1 aromatic heterocycles. The zero-order valence-corrected chi connectivity index (χ0v) is 16.7. The molecule has 2 amide bonds. The van der Waals surface area contributed by atoms with E-state index in [1.807, 2.05) is 11.4 Å². The topological polar surface area (TPSA) is 62.3 Å². The lowest BCUT2D eigenvalue weighted by Crippen LogP contribution is -2.24. The van der Waals surface area contributed by atoms with E-state index in [0.29, 0.717) is 23.7 Å². The predicted molar refractivity (Wildman–Crippen MR) is 113 cm³/mol. The molecule has 0 radical (unpaired) electrons. The second-order valence-corrected chi connectivity index (χ2v) is 7.87. The average molecular weight is 391 g/mol. The van der Waals surface area contributed by atoms with Crippen molar-refractivity contribution in [2.45, 2.75) is 26.7 Å². The Hall–Kier alpha value is -2.99. The SMILES string of the molecule is Cc1ccc(C)c(-c2csc(NC(=O)c3cccc(N4CCCC4=O)c3)n2)c1. The molecule has 1 aliphatic rings. The highest BCUT2D eigenvalue weighted by molar-refractivity contribution is 7.14. The summed E-state index contributed by atoms with van der Waals surface area (Å²) in [7, 11) is 0. The highest BCUT2D eigenvalue weighted by Gasteiger charge is 2.22. The lowest BCUT2D eigenvalue weighted by atomic mass is 10.0. The number of nitrogens with zero attached hydrogens (tertiary/aromatic N) is 2. The molecule has 4 rings (SSSR count). The van der Waals surface area contributed by atoms with Crippen LogP contribution in [0.5, 0.6) is 0 Å². The van der Waals surface area contributed by atoms with Crippen molar-refractivity contribution in [1.82, 2.24) is 4.98 Å². The third-order valence-electron chi connectivity index (χ3n) is 4.89. The first-order valence-electron chi connectivity index (χ1n) is 9.26. The van der Waals surface area contributed by atoms with Crippen LogP contribution in [0.1, 0.15) is 34.3 Å². The van der Waals surface area contributed by atoms with Gasteiger partial charge in [-0.05, 0) is 50.1 Å². The third kappa shape index (κ3) is 3.68. The fraction of sp³-hybridized carbons (Fsp3) is 0.227.